The van der Waals surface area contributed by atoms with Gasteiger partial charge in [0, 0.05) is 0 Å². The van der Waals surface area contributed by atoms with Crippen LogP contribution in [0.1, 0.15) is 0 Å². The van der Waals surface area contributed by atoms with Gasteiger partial charge in [-0.05, 0) is 10.1 Å². The largest absolute Gasteiger partial charge is 0.691 e. The van der Waals surface area contributed by atoms with Crippen LogP contribution in [-0.2, 0) is 0 Å². The molecule has 0 atom stereocenters. The summed E-state index contributed by atoms with van der Waals surface area (Å²) in [5.41, 5.74) is 0. The minimum absolute atomic E-state index is 0.192. The summed E-state index contributed by atoms with van der Waals surface area (Å²) in [5.74, 6) is 0.456. The van der Waals surface area contributed by atoms with E-state index in [1.807, 2.05) is 0 Å². The normalized spacial score (nSPS) is 26.7. The highest BCUT2D eigenvalue weighted by atomic mass is 16.5. The van der Waals surface area contributed by atoms with Gasteiger partial charge in [0.25, 0.3) is 5.82 Å². The fourth-order valence-electron chi connectivity index (χ4n) is 0.641. The van der Waals surface area contributed by atoms with Gasteiger partial charge in [-0.3, -0.25) is 0 Å². The van der Waals surface area contributed by atoms with Gasteiger partial charge in [0.15, 0.2) is 0 Å². The van der Waals surface area contributed by atoms with Crippen LogP contribution in [0.4, 0.5) is 0 Å². The van der Waals surface area contributed by atoms with E-state index in [4.69, 9.17) is 0 Å². The van der Waals surface area contributed by atoms with Crippen molar-refractivity contribution < 1.29 is 4.86 Å². The molecule has 0 aromatic heterocycles. The molecule has 7 nitrogen and oxygen atoms in total. The molecule has 11 heavy (non-hydrogen) atoms. The van der Waals surface area contributed by atoms with E-state index in [1.54, 1.807) is 0 Å². The van der Waals surface area contributed by atoms with Crippen LogP contribution >= 0.6 is 0 Å². The van der Waals surface area contributed by atoms with Gasteiger partial charge >= 0.3 is 12.2 Å². The molecule has 0 aromatic rings. The molecular formula is C4H2N6O. The Morgan fingerprint density at radius 1 is 1.27 bits per heavy atom. The van der Waals surface area contributed by atoms with Gasteiger partial charge in [0.1, 0.15) is 6.34 Å². The first-order valence-corrected chi connectivity index (χ1v) is 2.76. The average Bonchev–Trinajstić information content (AvgIpc) is 2.55. The summed E-state index contributed by atoms with van der Waals surface area (Å²) in [7, 11) is 0. The fraction of sp³-hybridized carbons (Fsp3) is 0. The lowest BCUT2D eigenvalue weighted by Gasteiger charge is -1.86. The second-order valence-corrected chi connectivity index (χ2v) is 1.75. The molecule has 0 N–H and O–H groups in total. The van der Waals surface area contributed by atoms with Crippen molar-refractivity contribution in [3.63, 3.8) is 0 Å². The Morgan fingerprint density at radius 3 is 2.73 bits per heavy atom. The maximum Gasteiger partial charge on any atom is 0.350 e. The first-order chi connectivity index (χ1) is 5.36. The average molecular weight is 150 g/mol. The second kappa shape index (κ2) is 2.04. The van der Waals surface area contributed by atoms with E-state index in [2.05, 4.69) is 25.3 Å². The summed E-state index contributed by atoms with van der Waals surface area (Å²) in [6.07, 6.45) is 2.30. The molecule has 0 amide bonds. The minimum Gasteiger partial charge on any atom is -0.691 e. The zero-order valence-corrected chi connectivity index (χ0v) is 5.25. The highest BCUT2D eigenvalue weighted by Crippen LogP contribution is 2.16. The summed E-state index contributed by atoms with van der Waals surface area (Å²) >= 11 is 0. The van der Waals surface area contributed by atoms with Crippen molar-refractivity contribution in [1.82, 2.24) is 0 Å². The summed E-state index contributed by atoms with van der Waals surface area (Å²) in [6.45, 7) is 0. The van der Waals surface area contributed by atoms with Crippen LogP contribution in [0.2, 0.25) is 0 Å². The first-order valence-electron chi connectivity index (χ1n) is 2.76. The van der Waals surface area contributed by atoms with Crippen molar-refractivity contribution in [3.05, 3.63) is 16.8 Å². The highest BCUT2D eigenvalue weighted by Gasteiger charge is 2.17. The van der Waals surface area contributed by atoms with Gasteiger partial charge in [0.05, 0.1) is 0 Å². The Bertz CT molecular complexity index is 320. The van der Waals surface area contributed by atoms with Crippen LogP contribution in [0.15, 0.2) is 37.0 Å². The third-order valence-electron chi connectivity index (χ3n) is 1.06. The highest BCUT2D eigenvalue weighted by molar-refractivity contribution is 5.59. The molecule has 0 aromatic carbocycles. The molecule has 54 valence electrons. The van der Waals surface area contributed by atoms with Gasteiger partial charge in [-0.25, -0.2) is 4.99 Å². The minimum atomic E-state index is 0.192. The van der Waals surface area contributed by atoms with Gasteiger partial charge in [-0.15, -0.1) is 15.1 Å². The Kier molecular flexibility index (Phi) is 1.08. The molecule has 0 bridgehead atoms. The number of hydroxylamine groups is 1. The van der Waals surface area contributed by atoms with Crippen molar-refractivity contribution in [2.45, 2.75) is 0 Å². The predicted octanol–water partition coefficient (Wildman–Crippen LogP) is 0.611. The number of hydrogen-bond acceptors (Lipinski definition) is 6. The zero-order valence-electron chi connectivity index (χ0n) is 5.25. The van der Waals surface area contributed by atoms with E-state index in [9.17, 15) is 5.21 Å². The van der Waals surface area contributed by atoms with Gasteiger partial charge < -0.3 is 5.21 Å². The van der Waals surface area contributed by atoms with Crippen LogP contribution in [0.5, 0.6) is 0 Å². The molecule has 2 aliphatic rings. The maximum atomic E-state index is 10.5. The molecule has 0 saturated heterocycles. The summed E-state index contributed by atoms with van der Waals surface area (Å²) in [4.78, 5) is 7.67. The fourth-order valence-corrected chi connectivity index (χ4v) is 0.641. The maximum absolute atomic E-state index is 10.5. The van der Waals surface area contributed by atoms with E-state index in [0.717, 1.165) is 6.34 Å². The molecule has 0 spiro atoms. The molecule has 0 radical (unpaired) electrons. The lowest BCUT2D eigenvalue weighted by Crippen LogP contribution is -1.87. The van der Waals surface area contributed by atoms with Crippen molar-refractivity contribution in [1.29, 1.82) is 0 Å². The Morgan fingerprint density at radius 2 is 2.18 bits per heavy atom. The molecule has 2 heterocycles. The van der Waals surface area contributed by atoms with Gasteiger partial charge in [-0.2, -0.15) is 0 Å². The molecule has 7 heteroatoms. The number of nitrogens with zero attached hydrogens (tertiary/aromatic N) is 6. The molecule has 0 saturated carbocycles. The lowest BCUT2D eigenvalue weighted by atomic mass is 10.7. The third kappa shape index (κ3) is 0.914. The lowest BCUT2D eigenvalue weighted by molar-refractivity contribution is -0.388. The number of hydrogen-bond donors (Lipinski definition) is 0. The van der Waals surface area contributed by atoms with Crippen LogP contribution in [0.3, 0.4) is 0 Å². The number of azo groups is 2. The standard InChI is InChI=1S/C4H2N6O/c11-10-2-6-4(9-10)3-5-1-7-8-3/h1-2H. The number of rotatable bonds is 0. The van der Waals surface area contributed by atoms with Crippen LogP contribution in [0, 0.1) is 5.21 Å². The van der Waals surface area contributed by atoms with Crippen molar-refractivity contribution >= 4 is 12.7 Å². The van der Waals surface area contributed by atoms with Crippen molar-refractivity contribution in [3.8, 4) is 0 Å². The SMILES string of the molecule is [O-][N+]1=NC(=C2N=CN=N2)N=C1. The Balaban J connectivity index is 2.44. The molecule has 0 aliphatic carbocycles. The van der Waals surface area contributed by atoms with E-state index in [1.165, 1.54) is 6.34 Å². The van der Waals surface area contributed by atoms with Crippen molar-refractivity contribution in [2.75, 3.05) is 0 Å². The first kappa shape index (κ1) is 5.83. The summed E-state index contributed by atoms with van der Waals surface area (Å²) in [5, 5.41) is 20.9. The van der Waals surface area contributed by atoms with Crippen LogP contribution in [0.25, 0.3) is 0 Å². The third-order valence-corrected chi connectivity index (χ3v) is 1.06. The molecule has 0 unspecified atom stereocenters. The molecule has 0 fully saturated rings. The van der Waals surface area contributed by atoms with E-state index < -0.39 is 0 Å². The summed E-state index contributed by atoms with van der Waals surface area (Å²) < 4.78 is 0. The number of aliphatic imine (C=N–C) groups is 2. The van der Waals surface area contributed by atoms with Gasteiger partial charge in [-0.1, -0.05) is 0 Å². The molecule has 2 aliphatic heterocycles. The Labute approximate surface area is 60.8 Å². The van der Waals surface area contributed by atoms with E-state index in [0.29, 0.717) is 4.86 Å². The summed E-state index contributed by atoms with van der Waals surface area (Å²) in [6, 6.07) is 0. The van der Waals surface area contributed by atoms with E-state index in [-0.39, 0.29) is 11.6 Å². The molecule has 2 rings (SSSR count). The smallest absolute Gasteiger partial charge is 0.350 e. The molecular weight excluding hydrogens is 148 g/mol. The second-order valence-electron chi connectivity index (χ2n) is 1.75. The van der Waals surface area contributed by atoms with Crippen LogP contribution < -0.4 is 0 Å². The quantitative estimate of drug-likeness (QED) is 0.367. The Hall–Kier alpha value is -1.92. The van der Waals surface area contributed by atoms with Crippen molar-refractivity contribution in [2.24, 2.45) is 25.3 Å². The zero-order chi connectivity index (χ0) is 7.68. The monoisotopic (exact) mass is 150 g/mol. The van der Waals surface area contributed by atoms with Crippen LogP contribution in [-0.4, -0.2) is 17.5 Å². The van der Waals surface area contributed by atoms with E-state index >= 15 is 0 Å². The topological polar surface area (TPSA) is 87.9 Å². The van der Waals surface area contributed by atoms with Gasteiger partial charge in [0.2, 0.25) is 0 Å². The predicted molar refractivity (Wildman–Crippen MR) is 34.9 cm³/mol.